The smallest absolute Gasteiger partial charge is 0.225 e. The fourth-order valence-electron chi connectivity index (χ4n) is 2.85. The molecule has 1 amide bonds. The number of amides is 1. The van der Waals surface area contributed by atoms with Crippen molar-refractivity contribution in [3.05, 3.63) is 0 Å². The van der Waals surface area contributed by atoms with Crippen molar-refractivity contribution >= 4 is 18.3 Å². The zero-order valence-electron chi connectivity index (χ0n) is 12.9. The van der Waals surface area contributed by atoms with E-state index in [0.717, 1.165) is 32.5 Å². The second-order valence-corrected chi connectivity index (χ2v) is 5.64. The van der Waals surface area contributed by atoms with E-state index < -0.39 is 0 Å². The fourth-order valence-corrected chi connectivity index (χ4v) is 2.85. The Morgan fingerprint density at radius 1 is 1.32 bits per heavy atom. The Labute approximate surface area is 124 Å². The number of halogens is 1. The molecule has 0 aromatic carbocycles. The number of hydrogen-bond donors (Lipinski definition) is 1. The van der Waals surface area contributed by atoms with Crippen molar-refractivity contribution in [2.45, 2.75) is 59.4 Å². The summed E-state index contributed by atoms with van der Waals surface area (Å²) in [5, 5.41) is 3.42. The zero-order chi connectivity index (χ0) is 13.5. The van der Waals surface area contributed by atoms with Crippen LogP contribution < -0.4 is 5.32 Å². The Morgan fingerprint density at radius 2 is 1.95 bits per heavy atom. The van der Waals surface area contributed by atoms with E-state index in [1.165, 1.54) is 12.8 Å². The average molecular weight is 291 g/mol. The maximum Gasteiger partial charge on any atom is 0.225 e. The first-order valence-corrected chi connectivity index (χ1v) is 7.64. The van der Waals surface area contributed by atoms with Crippen LogP contribution in [0.5, 0.6) is 0 Å². The molecule has 0 saturated carbocycles. The van der Waals surface area contributed by atoms with Gasteiger partial charge >= 0.3 is 0 Å². The highest BCUT2D eigenvalue weighted by Crippen LogP contribution is 2.20. The van der Waals surface area contributed by atoms with Crippen molar-refractivity contribution in [2.24, 2.45) is 11.8 Å². The predicted octanol–water partition coefficient (Wildman–Crippen LogP) is 3.08. The van der Waals surface area contributed by atoms with E-state index in [1.54, 1.807) is 0 Å². The fraction of sp³-hybridized carbons (Fsp3) is 0.933. The first-order chi connectivity index (χ1) is 8.62. The summed E-state index contributed by atoms with van der Waals surface area (Å²) >= 11 is 0. The predicted molar refractivity (Wildman–Crippen MR) is 83.8 cm³/mol. The Hall–Kier alpha value is -0.280. The third-order valence-electron chi connectivity index (χ3n) is 4.30. The molecule has 0 unspecified atom stereocenters. The molecule has 3 nitrogen and oxygen atoms in total. The minimum Gasteiger partial charge on any atom is -0.342 e. The van der Waals surface area contributed by atoms with Gasteiger partial charge in [0.05, 0.1) is 0 Å². The molecule has 19 heavy (non-hydrogen) atoms. The van der Waals surface area contributed by atoms with Crippen LogP contribution in [-0.2, 0) is 4.79 Å². The van der Waals surface area contributed by atoms with E-state index in [4.69, 9.17) is 0 Å². The van der Waals surface area contributed by atoms with Crippen LogP contribution in [0.25, 0.3) is 0 Å². The van der Waals surface area contributed by atoms with Gasteiger partial charge in [0.1, 0.15) is 0 Å². The van der Waals surface area contributed by atoms with Crippen LogP contribution >= 0.6 is 12.4 Å². The molecule has 0 aromatic rings. The summed E-state index contributed by atoms with van der Waals surface area (Å²) in [6.07, 6.45) is 4.34. The van der Waals surface area contributed by atoms with Gasteiger partial charge in [0.25, 0.3) is 0 Å². The molecule has 1 N–H and O–H groups in total. The van der Waals surface area contributed by atoms with E-state index >= 15 is 0 Å². The van der Waals surface area contributed by atoms with Crippen molar-refractivity contribution in [1.82, 2.24) is 10.2 Å². The molecule has 0 aromatic heterocycles. The number of rotatable bonds is 6. The molecule has 0 radical (unpaired) electrons. The standard InChI is InChI=1S/C15H30N2O.ClH/c1-5-13(6-2)11-17(7-3)15(18)14-8-9-16-12(4)10-14;/h12-14,16H,5-11H2,1-4H3;1H/t12-,14-;/m0./s1. The van der Waals surface area contributed by atoms with E-state index in [2.05, 4.69) is 37.9 Å². The van der Waals surface area contributed by atoms with Gasteiger partial charge in [0, 0.05) is 25.0 Å². The van der Waals surface area contributed by atoms with Gasteiger partial charge in [-0.3, -0.25) is 4.79 Å². The third-order valence-corrected chi connectivity index (χ3v) is 4.30. The van der Waals surface area contributed by atoms with Gasteiger partial charge in [-0.05, 0) is 39.2 Å². The largest absolute Gasteiger partial charge is 0.342 e. The zero-order valence-corrected chi connectivity index (χ0v) is 13.8. The monoisotopic (exact) mass is 290 g/mol. The van der Waals surface area contributed by atoms with E-state index in [-0.39, 0.29) is 18.3 Å². The molecule has 114 valence electrons. The Morgan fingerprint density at radius 3 is 2.42 bits per heavy atom. The van der Waals surface area contributed by atoms with Crippen LogP contribution in [0, 0.1) is 11.8 Å². The lowest BCUT2D eigenvalue weighted by Gasteiger charge is -2.33. The summed E-state index contributed by atoms with van der Waals surface area (Å²) in [7, 11) is 0. The number of nitrogens with one attached hydrogen (secondary N) is 1. The van der Waals surface area contributed by atoms with Gasteiger partial charge in [-0.1, -0.05) is 26.7 Å². The lowest BCUT2D eigenvalue weighted by molar-refractivity contribution is -0.137. The number of hydrogen-bond acceptors (Lipinski definition) is 2. The van der Waals surface area contributed by atoms with Crippen LogP contribution in [0.2, 0.25) is 0 Å². The molecule has 1 heterocycles. The minimum atomic E-state index is 0. The second-order valence-electron chi connectivity index (χ2n) is 5.64. The summed E-state index contributed by atoms with van der Waals surface area (Å²) < 4.78 is 0. The maximum absolute atomic E-state index is 12.5. The van der Waals surface area contributed by atoms with Crippen LogP contribution in [0.1, 0.15) is 53.4 Å². The lowest BCUT2D eigenvalue weighted by Crippen LogP contribution is -2.45. The molecule has 2 atom stereocenters. The molecule has 0 aliphatic carbocycles. The molecule has 4 heteroatoms. The van der Waals surface area contributed by atoms with E-state index in [9.17, 15) is 4.79 Å². The first-order valence-electron chi connectivity index (χ1n) is 7.64. The summed E-state index contributed by atoms with van der Waals surface area (Å²) in [6, 6.07) is 0.486. The lowest BCUT2D eigenvalue weighted by atomic mass is 9.91. The van der Waals surface area contributed by atoms with Crippen LogP contribution in [0.15, 0.2) is 0 Å². The highest BCUT2D eigenvalue weighted by molar-refractivity contribution is 5.85. The van der Waals surface area contributed by atoms with Gasteiger partial charge < -0.3 is 10.2 Å². The highest BCUT2D eigenvalue weighted by Gasteiger charge is 2.28. The second kappa shape index (κ2) is 9.60. The Bertz CT molecular complexity index is 257. The molecule has 1 rings (SSSR count). The first kappa shape index (κ1) is 18.7. The Kier molecular flexibility index (Phi) is 9.46. The normalized spacial score (nSPS) is 23.0. The summed E-state index contributed by atoms with van der Waals surface area (Å²) in [6.45, 7) is 11.5. The maximum atomic E-state index is 12.5. The van der Waals surface area contributed by atoms with Gasteiger partial charge in [-0.25, -0.2) is 0 Å². The van der Waals surface area contributed by atoms with Crippen molar-refractivity contribution < 1.29 is 4.79 Å². The Balaban J connectivity index is 0.00000324. The highest BCUT2D eigenvalue weighted by atomic mass is 35.5. The quantitative estimate of drug-likeness (QED) is 0.815. The van der Waals surface area contributed by atoms with Gasteiger partial charge in [-0.2, -0.15) is 0 Å². The third kappa shape index (κ3) is 5.70. The molecule has 1 aliphatic rings. The number of nitrogens with zero attached hydrogens (tertiary/aromatic N) is 1. The molecule has 1 saturated heterocycles. The molecular formula is C15H31ClN2O. The summed E-state index contributed by atoms with van der Waals surface area (Å²) in [4.78, 5) is 14.6. The molecule has 0 spiro atoms. The van der Waals surface area contributed by atoms with Gasteiger partial charge in [0.2, 0.25) is 5.91 Å². The summed E-state index contributed by atoms with van der Waals surface area (Å²) in [5.74, 6) is 1.29. The average Bonchev–Trinajstić information content (AvgIpc) is 2.39. The van der Waals surface area contributed by atoms with Gasteiger partial charge in [-0.15, -0.1) is 12.4 Å². The number of piperidine rings is 1. The van der Waals surface area contributed by atoms with E-state index in [1.807, 2.05) is 0 Å². The number of carbonyl (C=O) groups is 1. The SMILES string of the molecule is CCC(CC)CN(CC)C(=O)[C@H]1CCN[C@@H](C)C1.Cl. The van der Waals surface area contributed by atoms with Crippen molar-refractivity contribution in [3.63, 3.8) is 0 Å². The van der Waals surface area contributed by atoms with E-state index in [0.29, 0.717) is 17.9 Å². The summed E-state index contributed by atoms with van der Waals surface area (Å²) in [5.41, 5.74) is 0. The number of carbonyl (C=O) groups excluding carboxylic acids is 1. The molecule has 1 aliphatic heterocycles. The molecule has 1 fully saturated rings. The topological polar surface area (TPSA) is 32.3 Å². The van der Waals surface area contributed by atoms with Crippen molar-refractivity contribution in [3.8, 4) is 0 Å². The molecule has 0 bridgehead atoms. The van der Waals surface area contributed by atoms with Gasteiger partial charge in [0.15, 0.2) is 0 Å². The van der Waals surface area contributed by atoms with Crippen LogP contribution in [0.4, 0.5) is 0 Å². The van der Waals surface area contributed by atoms with Crippen molar-refractivity contribution in [1.29, 1.82) is 0 Å². The minimum absolute atomic E-state index is 0. The molecular weight excluding hydrogens is 260 g/mol. The van der Waals surface area contributed by atoms with Crippen LogP contribution in [0.3, 0.4) is 0 Å². The van der Waals surface area contributed by atoms with Crippen molar-refractivity contribution in [2.75, 3.05) is 19.6 Å². The van der Waals surface area contributed by atoms with Crippen LogP contribution in [-0.4, -0.2) is 36.5 Å².